The summed E-state index contributed by atoms with van der Waals surface area (Å²) in [6.45, 7) is 6.07. The van der Waals surface area contributed by atoms with Crippen molar-refractivity contribution in [3.05, 3.63) is 69.0 Å². The number of hydrogen-bond donors (Lipinski definition) is 1. The number of halogens is 2. The van der Waals surface area contributed by atoms with Crippen LogP contribution in [0.15, 0.2) is 30.3 Å². The SMILES string of the molecule is CNC(c1cc(F)ccc1C)c1cc(C)c(C)cc1Cl. The second-order valence-corrected chi connectivity index (χ2v) is 5.59. The first-order chi connectivity index (χ1) is 9.43. The first kappa shape index (κ1) is 15.0. The molecule has 2 rings (SSSR count). The van der Waals surface area contributed by atoms with Gasteiger partial charge in [-0.15, -0.1) is 0 Å². The molecule has 0 saturated heterocycles. The van der Waals surface area contributed by atoms with Crippen LogP contribution in [0.4, 0.5) is 4.39 Å². The lowest BCUT2D eigenvalue weighted by Crippen LogP contribution is -2.19. The van der Waals surface area contributed by atoms with Crippen LogP contribution >= 0.6 is 11.6 Å². The Hall–Kier alpha value is -1.38. The van der Waals surface area contributed by atoms with E-state index in [1.54, 1.807) is 12.1 Å². The largest absolute Gasteiger partial charge is 0.309 e. The van der Waals surface area contributed by atoms with E-state index < -0.39 is 0 Å². The van der Waals surface area contributed by atoms with Crippen LogP contribution in [0.2, 0.25) is 5.02 Å². The molecule has 1 atom stereocenters. The second-order valence-electron chi connectivity index (χ2n) is 5.18. The smallest absolute Gasteiger partial charge is 0.123 e. The molecule has 0 spiro atoms. The molecule has 2 aromatic rings. The van der Waals surface area contributed by atoms with E-state index >= 15 is 0 Å². The van der Waals surface area contributed by atoms with Crippen molar-refractivity contribution in [3.8, 4) is 0 Å². The van der Waals surface area contributed by atoms with Crippen molar-refractivity contribution in [3.63, 3.8) is 0 Å². The van der Waals surface area contributed by atoms with Crippen LogP contribution < -0.4 is 5.32 Å². The van der Waals surface area contributed by atoms with Crippen LogP contribution in [0.5, 0.6) is 0 Å². The van der Waals surface area contributed by atoms with E-state index in [2.05, 4.69) is 18.3 Å². The standard InChI is InChI=1S/C17H19ClFN/c1-10-5-6-13(19)9-14(10)17(20-4)15-7-11(2)12(3)8-16(15)18/h5-9,17,20H,1-4H3. The van der Waals surface area contributed by atoms with E-state index in [1.165, 1.54) is 11.6 Å². The van der Waals surface area contributed by atoms with Crippen LogP contribution in [0.1, 0.15) is 33.9 Å². The third-order valence-corrected chi connectivity index (χ3v) is 4.09. The Morgan fingerprint density at radius 1 is 0.950 bits per heavy atom. The van der Waals surface area contributed by atoms with Gasteiger partial charge in [-0.1, -0.05) is 23.7 Å². The highest BCUT2D eigenvalue weighted by molar-refractivity contribution is 6.31. The fraction of sp³-hybridized carbons (Fsp3) is 0.294. The molecule has 0 aromatic heterocycles. The zero-order valence-electron chi connectivity index (χ0n) is 12.2. The molecule has 2 aromatic carbocycles. The fourth-order valence-corrected chi connectivity index (χ4v) is 2.75. The predicted molar refractivity (Wildman–Crippen MR) is 83.0 cm³/mol. The zero-order valence-corrected chi connectivity index (χ0v) is 13.0. The minimum absolute atomic E-state index is 0.113. The van der Waals surface area contributed by atoms with Crippen LogP contribution in [0, 0.1) is 26.6 Å². The highest BCUT2D eigenvalue weighted by atomic mass is 35.5. The molecule has 0 radical (unpaired) electrons. The number of rotatable bonds is 3. The first-order valence-electron chi connectivity index (χ1n) is 6.64. The maximum Gasteiger partial charge on any atom is 0.123 e. The Morgan fingerprint density at radius 2 is 1.60 bits per heavy atom. The summed E-state index contributed by atoms with van der Waals surface area (Å²) in [6.07, 6.45) is 0. The van der Waals surface area contributed by atoms with Gasteiger partial charge in [-0.3, -0.25) is 0 Å². The molecular weight excluding hydrogens is 273 g/mol. The van der Waals surface area contributed by atoms with Crippen molar-refractivity contribution in [2.45, 2.75) is 26.8 Å². The summed E-state index contributed by atoms with van der Waals surface area (Å²) >= 11 is 6.38. The van der Waals surface area contributed by atoms with E-state index in [0.717, 1.165) is 22.3 Å². The average molecular weight is 292 g/mol. The lowest BCUT2D eigenvalue weighted by molar-refractivity contribution is 0.615. The highest BCUT2D eigenvalue weighted by Gasteiger charge is 2.18. The van der Waals surface area contributed by atoms with Crippen molar-refractivity contribution >= 4 is 11.6 Å². The number of aryl methyl sites for hydroxylation is 3. The van der Waals surface area contributed by atoms with Crippen LogP contribution in [-0.2, 0) is 0 Å². The summed E-state index contributed by atoms with van der Waals surface area (Å²) in [5.74, 6) is -0.231. The molecule has 20 heavy (non-hydrogen) atoms. The topological polar surface area (TPSA) is 12.0 Å². The van der Waals surface area contributed by atoms with Crippen LogP contribution in [-0.4, -0.2) is 7.05 Å². The van der Waals surface area contributed by atoms with Crippen LogP contribution in [0.3, 0.4) is 0 Å². The summed E-state index contributed by atoms with van der Waals surface area (Å²) in [7, 11) is 1.86. The highest BCUT2D eigenvalue weighted by Crippen LogP contribution is 2.32. The monoisotopic (exact) mass is 291 g/mol. The van der Waals surface area contributed by atoms with Crippen molar-refractivity contribution in [2.75, 3.05) is 7.05 Å². The van der Waals surface area contributed by atoms with E-state index in [4.69, 9.17) is 11.6 Å². The summed E-state index contributed by atoms with van der Waals surface area (Å²) < 4.78 is 13.5. The molecule has 0 aliphatic heterocycles. The molecule has 0 aliphatic carbocycles. The van der Waals surface area contributed by atoms with Crippen molar-refractivity contribution in [2.24, 2.45) is 0 Å². The summed E-state index contributed by atoms with van der Waals surface area (Å²) in [5, 5.41) is 3.94. The molecule has 1 N–H and O–H groups in total. The van der Waals surface area contributed by atoms with Gasteiger partial charge in [0.15, 0.2) is 0 Å². The van der Waals surface area contributed by atoms with E-state index in [1.807, 2.05) is 27.0 Å². The van der Waals surface area contributed by atoms with Gasteiger partial charge in [-0.25, -0.2) is 4.39 Å². The van der Waals surface area contributed by atoms with Gasteiger partial charge >= 0.3 is 0 Å². The lowest BCUT2D eigenvalue weighted by Gasteiger charge is -2.22. The summed E-state index contributed by atoms with van der Waals surface area (Å²) in [6, 6.07) is 8.77. The molecule has 0 aliphatic rings. The molecule has 0 bridgehead atoms. The van der Waals surface area contributed by atoms with E-state index in [9.17, 15) is 4.39 Å². The Balaban J connectivity index is 2.58. The molecule has 0 saturated carbocycles. The average Bonchev–Trinajstić information content (AvgIpc) is 2.40. The van der Waals surface area contributed by atoms with Gasteiger partial charge in [-0.2, -0.15) is 0 Å². The molecule has 0 fully saturated rings. The molecule has 0 heterocycles. The fourth-order valence-electron chi connectivity index (χ4n) is 2.43. The number of nitrogens with one attached hydrogen (secondary N) is 1. The normalized spacial score (nSPS) is 12.5. The van der Waals surface area contributed by atoms with Gasteiger partial charge in [0.2, 0.25) is 0 Å². The molecule has 1 unspecified atom stereocenters. The van der Waals surface area contributed by atoms with Gasteiger partial charge in [0.05, 0.1) is 6.04 Å². The number of hydrogen-bond acceptors (Lipinski definition) is 1. The van der Waals surface area contributed by atoms with E-state index in [0.29, 0.717) is 5.02 Å². The predicted octanol–water partition coefficient (Wildman–Crippen LogP) is 4.71. The van der Waals surface area contributed by atoms with Gasteiger partial charge in [0.1, 0.15) is 5.82 Å². The van der Waals surface area contributed by atoms with Crippen molar-refractivity contribution < 1.29 is 4.39 Å². The van der Waals surface area contributed by atoms with Crippen LogP contribution in [0.25, 0.3) is 0 Å². The second kappa shape index (κ2) is 5.94. The quantitative estimate of drug-likeness (QED) is 0.863. The molecule has 1 nitrogen and oxygen atoms in total. The molecule has 3 heteroatoms. The van der Waals surface area contributed by atoms with Gasteiger partial charge in [0.25, 0.3) is 0 Å². The lowest BCUT2D eigenvalue weighted by atomic mass is 9.93. The third-order valence-electron chi connectivity index (χ3n) is 3.76. The minimum atomic E-state index is -0.231. The minimum Gasteiger partial charge on any atom is -0.309 e. The Bertz CT molecular complexity index is 637. The van der Waals surface area contributed by atoms with Crippen molar-refractivity contribution in [1.82, 2.24) is 5.32 Å². The summed E-state index contributed by atoms with van der Waals surface area (Å²) in [4.78, 5) is 0. The Labute approximate surface area is 124 Å². The third kappa shape index (κ3) is 2.87. The molecule has 106 valence electrons. The van der Waals surface area contributed by atoms with Gasteiger partial charge in [-0.05, 0) is 73.8 Å². The zero-order chi connectivity index (χ0) is 14.9. The first-order valence-corrected chi connectivity index (χ1v) is 7.01. The van der Waals surface area contributed by atoms with Gasteiger partial charge in [0, 0.05) is 5.02 Å². The molecular formula is C17H19ClFN. The molecule has 0 amide bonds. The van der Waals surface area contributed by atoms with Crippen molar-refractivity contribution in [1.29, 1.82) is 0 Å². The van der Waals surface area contributed by atoms with Gasteiger partial charge < -0.3 is 5.32 Å². The van der Waals surface area contributed by atoms with E-state index in [-0.39, 0.29) is 11.9 Å². The summed E-state index contributed by atoms with van der Waals surface area (Å²) in [5.41, 5.74) is 5.27. The maximum absolute atomic E-state index is 13.5. The maximum atomic E-state index is 13.5. The Kier molecular flexibility index (Phi) is 4.46. The Morgan fingerprint density at radius 3 is 2.25 bits per heavy atom. The number of benzene rings is 2.